The maximum Gasteiger partial charge on any atom is 0.161 e. The van der Waals surface area contributed by atoms with Gasteiger partial charge in [-0.25, -0.2) is 4.39 Å². The molecule has 2 aromatic carbocycles. The summed E-state index contributed by atoms with van der Waals surface area (Å²) in [5, 5.41) is 8.95. The molecule has 0 aliphatic carbocycles. The molecule has 0 aromatic heterocycles. The van der Waals surface area contributed by atoms with Crippen molar-refractivity contribution in [3.05, 3.63) is 59.4 Å². The molecule has 6 heteroatoms. The van der Waals surface area contributed by atoms with Gasteiger partial charge in [-0.1, -0.05) is 18.2 Å². The molecule has 126 valence electrons. The van der Waals surface area contributed by atoms with Crippen LogP contribution >= 0.6 is 12.4 Å². The highest BCUT2D eigenvalue weighted by atomic mass is 35.5. The lowest BCUT2D eigenvalue weighted by molar-refractivity contribution is 0.275. The van der Waals surface area contributed by atoms with Crippen molar-refractivity contribution in [1.82, 2.24) is 0 Å². The van der Waals surface area contributed by atoms with Crippen LogP contribution in [0.2, 0.25) is 0 Å². The molecule has 0 bridgehead atoms. The third-order valence-corrected chi connectivity index (χ3v) is 3.36. The predicted molar refractivity (Wildman–Crippen MR) is 89.6 cm³/mol. The van der Waals surface area contributed by atoms with Gasteiger partial charge in [0.25, 0.3) is 0 Å². The van der Waals surface area contributed by atoms with E-state index in [1.54, 1.807) is 31.4 Å². The molecule has 3 N–H and O–H groups in total. The Kier molecular flexibility index (Phi) is 7.81. The Morgan fingerprint density at radius 1 is 1.13 bits per heavy atom. The molecule has 0 spiro atoms. The minimum absolute atomic E-state index is 0. The van der Waals surface area contributed by atoms with Gasteiger partial charge in [-0.05, 0) is 41.8 Å². The largest absolute Gasteiger partial charge is 0.493 e. The first-order valence-corrected chi connectivity index (χ1v) is 7.05. The number of aliphatic hydroxyl groups excluding tert-OH is 1. The zero-order valence-corrected chi connectivity index (χ0v) is 13.7. The maximum absolute atomic E-state index is 12.9. The van der Waals surface area contributed by atoms with Gasteiger partial charge < -0.3 is 20.3 Å². The molecule has 0 fully saturated rings. The number of halogens is 2. The summed E-state index contributed by atoms with van der Waals surface area (Å²) < 4.78 is 23.9. The molecule has 23 heavy (non-hydrogen) atoms. The second-order valence-corrected chi connectivity index (χ2v) is 4.94. The maximum atomic E-state index is 12.9. The fourth-order valence-corrected chi connectivity index (χ4v) is 2.08. The third-order valence-electron chi connectivity index (χ3n) is 3.36. The van der Waals surface area contributed by atoms with Crippen molar-refractivity contribution < 1.29 is 19.0 Å². The first-order valence-electron chi connectivity index (χ1n) is 7.05. The summed E-state index contributed by atoms with van der Waals surface area (Å²) in [4.78, 5) is 0. The van der Waals surface area contributed by atoms with Crippen LogP contribution in [0.15, 0.2) is 42.5 Å². The minimum Gasteiger partial charge on any atom is -0.493 e. The van der Waals surface area contributed by atoms with Gasteiger partial charge >= 0.3 is 0 Å². The highest BCUT2D eigenvalue weighted by Crippen LogP contribution is 2.31. The Bertz CT molecular complexity index is 607. The Hall–Kier alpha value is -1.82. The van der Waals surface area contributed by atoms with Gasteiger partial charge in [0.15, 0.2) is 11.5 Å². The van der Waals surface area contributed by atoms with Crippen molar-refractivity contribution >= 4 is 12.4 Å². The molecule has 2 rings (SSSR count). The van der Waals surface area contributed by atoms with Crippen LogP contribution in [0.1, 0.15) is 23.6 Å². The molecule has 0 saturated carbocycles. The molecular formula is C17H21ClFNO3. The molecule has 0 amide bonds. The quantitative estimate of drug-likeness (QED) is 0.811. The fourth-order valence-electron chi connectivity index (χ4n) is 2.08. The number of hydrogen-bond acceptors (Lipinski definition) is 4. The van der Waals surface area contributed by atoms with Crippen LogP contribution in [0.5, 0.6) is 11.5 Å². The summed E-state index contributed by atoms with van der Waals surface area (Å²) in [6, 6.07) is 11.3. The Morgan fingerprint density at radius 2 is 1.83 bits per heavy atom. The molecule has 1 atom stereocenters. The molecule has 4 nitrogen and oxygen atoms in total. The average Bonchev–Trinajstić information content (AvgIpc) is 2.54. The van der Waals surface area contributed by atoms with E-state index in [2.05, 4.69) is 0 Å². The van der Waals surface area contributed by atoms with Crippen LogP contribution in [-0.4, -0.2) is 18.8 Å². The van der Waals surface area contributed by atoms with E-state index in [9.17, 15) is 4.39 Å². The first-order chi connectivity index (χ1) is 10.6. The zero-order chi connectivity index (χ0) is 15.9. The molecule has 0 saturated heterocycles. The van der Waals surface area contributed by atoms with E-state index < -0.39 is 0 Å². The van der Waals surface area contributed by atoms with Crippen molar-refractivity contribution in [3.63, 3.8) is 0 Å². The Balaban J connectivity index is 0.00000264. The van der Waals surface area contributed by atoms with Crippen LogP contribution in [0.4, 0.5) is 4.39 Å². The van der Waals surface area contributed by atoms with E-state index in [4.69, 9.17) is 20.3 Å². The van der Waals surface area contributed by atoms with Crippen molar-refractivity contribution in [1.29, 1.82) is 0 Å². The van der Waals surface area contributed by atoms with Crippen LogP contribution in [0.25, 0.3) is 0 Å². The number of methoxy groups -OCH3 is 1. The lowest BCUT2D eigenvalue weighted by Gasteiger charge is -2.15. The van der Waals surface area contributed by atoms with Crippen molar-refractivity contribution in [2.75, 3.05) is 13.7 Å². The molecule has 2 aromatic rings. The van der Waals surface area contributed by atoms with Crippen molar-refractivity contribution in [3.8, 4) is 11.5 Å². The minimum atomic E-state index is -0.274. The second-order valence-electron chi connectivity index (χ2n) is 4.94. The normalized spacial score (nSPS) is 11.5. The van der Waals surface area contributed by atoms with E-state index in [1.165, 1.54) is 12.1 Å². The fraction of sp³-hybridized carbons (Fsp3) is 0.294. The zero-order valence-electron chi connectivity index (χ0n) is 12.9. The van der Waals surface area contributed by atoms with Crippen LogP contribution < -0.4 is 15.2 Å². The van der Waals surface area contributed by atoms with Crippen LogP contribution in [-0.2, 0) is 6.61 Å². The van der Waals surface area contributed by atoms with Gasteiger partial charge in [0.1, 0.15) is 12.4 Å². The highest BCUT2D eigenvalue weighted by Gasteiger charge is 2.11. The van der Waals surface area contributed by atoms with E-state index in [1.807, 2.05) is 6.07 Å². The topological polar surface area (TPSA) is 64.7 Å². The number of ether oxygens (including phenoxy) is 2. The number of benzene rings is 2. The summed E-state index contributed by atoms with van der Waals surface area (Å²) in [5.41, 5.74) is 7.71. The van der Waals surface area contributed by atoms with E-state index in [0.29, 0.717) is 24.5 Å². The predicted octanol–water partition coefficient (Wildman–Crippen LogP) is 3.22. The van der Waals surface area contributed by atoms with E-state index >= 15 is 0 Å². The molecule has 0 aliphatic heterocycles. The van der Waals surface area contributed by atoms with Gasteiger partial charge in [-0.3, -0.25) is 0 Å². The molecule has 0 heterocycles. The summed E-state index contributed by atoms with van der Waals surface area (Å²) >= 11 is 0. The van der Waals surface area contributed by atoms with Gasteiger partial charge in [0.05, 0.1) is 7.11 Å². The van der Waals surface area contributed by atoms with Gasteiger partial charge in [-0.2, -0.15) is 0 Å². The summed E-state index contributed by atoms with van der Waals surface area (Å²) in [6.07, 6.45) is 0.485. The molecule has 1 unspecified atom stereocenters. The van der Waals surface area contributed by atoms with Crippen LogP contribution in [0, 0.1) is 5.82 Å². The monoisotopic (exact) mass is 341 g/mol. The number of hydrogen-bond donors (Lipinski definition) is 2. The number of aliphatic hydroxyl groups is 1. The van der Waals surface area contributed by atoms with Crippen LogP contribution in [0.3, 0.4) is 0 Å². The molecular weight excluding hydrogens is 321 g/mol. The number of nitrogens with two attached hydrogens (primary N) is 1. The second kappa shape index (κ2) is 9.35. The standard InChI is InChI=1S/C17H20FNO3.ClH/c1-21-17-10-13(15(19)8-9-20)4-7-16(17)22-11-12-2-5-14(18)6-3-12;/h2-7,10,15,20H,8-9,11,19H2,1H3;1H. The summed E-state index contributed by atoms with van der Waals surface area (Å²) in [5.74, 6) is 0.892. The Labute approximate surface area is 141 Å². The molecule has 0 radical (unpaired) electrons. The van der Waals surface area contributed by atoms with Gasteiger partial charge in [-0.15, -0.1) is 12.4 Å². The van der Waals surface area contributed by atoms with E-state index in [0.717, 1.165) is 11.1 Å². The molecule has 0 aliphatic rings. The summed E-state index contributed by atoms with van der Waals surface area (Å²) in [7, 11) is 1.56. The van der Waals surface area contributed by atoms with E-state index in [-0.39, 0.29) is 30.9 Å². The number of rotatable bonds is 7. The summed E-state index contributed by atoms with van der Waals surface area (Å²) in [6.45, 7) is 0.352. The van der Waals surface area contributed by atoms with Gasteiger partial charge in [0.2, 0.25) is 0 Å². The first kappa shape index (κ1) is 19.2. The van der Waals surface area contributed by atoms with Crippen molar-refractivity contribution in [2.24, 2.45) is 5.73 Å². The smallest absolute Gasteiger partial charge is 0.161 e. The SMILES string of the molecule is COc1cc(C(N)CCO)ccc1OCc1ccc(F)cc1.Cl. The lowest BCUT2D eigenvalue weighted by atomic mass is 10.0. The third kappa shape index (κ3) is 5.39. The van der Waals surface area contributed by atoms with Gasteiger partial charge in [0, 0.05) is 12.6 Å². The lowest BCUT2D eigenvalue weighted by Crippen LogP contribution is -2.12. The van der Waals surface area contributed by atoms with Crippen molar-refractivity contribution in [2.45, 2.75) is 19.1 Å². The Morgan fingerprint density at radius 3 is 2.43 bits per heavy atom. The average molecular weight is 342 g/mol. The highest BCUT2D eigenvalue weighted by molar-refractivity contribution is 5.85.